The summed E-state index contributed by atoms with van der Waals surface area (Å²) < 4.78 is 11.0. The number of halogens is 1. The Morgan fingerprint density at radius 1 is 1.17 bits per heavy atom. The predicted molar refractivity (Wildman–Crippen MR) is 107 cm³/mol. The Morgan fingerprint density at radius 3 is 2.62 bits per heavy atom. The van der Waals surface area contributed by atoms with Gasteiger partial charge in [-0.15, -0.1) is 24.0 Å². The summed E-state index contributed by atoms with van der Waals surface area (Å²) in [6.45, 7) is 12.3. The summed E-state index contributed by atoms with van der Waals surface area (Å²) in [7, 11) is 1.89. The molecule has 2 unspecified atom stereocenters. The van der Waals surface area contributed by atoms with Crippen molar-refractivity contribution < 1.29 is 9.47 Å². The lowest BCUT2D eigenvalue weighted by Gasteiger charge is -2.30. The van der Waals surface area contributed by atoms with Gasteiger partial charge < -0.3 is 19.7 Å². The van der Waals surface area contributed by atoms with Gasteiger partial charge in [-0.25, -0.2) is 0 Å². The molecular formula is C17H33IN4O2. The van der Waals surface area contributed by atoms with Crippen LogP contribution in [0.15, 0.2) is 4.99 Å². The first-order valence-electron chi connectivity index (χ1n) is 9.04. The molecule has 7 heteroatoms. The van der Waals surface area contributed by atoms with Crippen LogP contribution in [0.1, 0.15) is 19.8 Å². The monoisotopic (exact) mass is 452 g/mol. The summed E-state index contributed by atoms with van der Waals surface area (Å²) in [6.07, 6.45) is 2.44. The van der Waals surface area contributed by atoms with Gasteiger partial charge in [0.2, 0.25) is 0 Å². The highest BCUT2D eigenvalue weighted by Gasteiger charge is 2.42. The number of morpholine rings is 1. The summed E-state index contributed by atoms with van der Waals surface area (Å²) in [5.41, 5.74) is 0.386. The van der Waals surface area contributed by atoms with Crippen LogP contribution in [0.25, 0.3) is 0 Å². The Balaban J connectivity index is 0.00000208. The molecule has 0 aromatic carbocycles. The molecule has 0 saturated carbocycles. The van der Waals surface area contributed by atoms with Crippen LogP contribution in [0, 0.1) is 11.3 Å². The van der Waals surface area contributed by atoms with Gasteiger partial charge in [0.25, 0.3) is 0 Å². The molecule has 1 N–H and O–H groups in total. The lowest BCUT2D eigenvalue weighted by atomic mass is 9.87. The average molecular weight is 452 g/mol. The van der Waals surface area contributed by atoms with E-state index in [9.17, 15) is 0 Å². The summed E-state index contributed by atoms with van der Waals surface area (Å²) >= 11 is 0. The molecule has 3 heterocycles. The molecule has 0 amide bonds. The summed E-state index contributed by atoms with van der Waals surface area (Å²) in [6, 6.07) is 0. The Bertz CT molecular complexity index is 409. The Labute approximate surface area is 163 Å². The minimum atomic E-state index is 0. The van der Waals surface area contributed by atoms with Crippen molar-refractivity contribution in [3.8, 4) is 0 Å². The lowest BCUT2D eigenvalue weighted by molar-refractivity contribution is 0.0320. The smallest absolute Gasteiger partial charge is 0.193 e. The van der Waals surface area contributed by atoms with Gasteiger partial charge in [-0.2, -0.15) is 0 Å². The summed E-state index contributed by atoms with van der Waals surface area (Å²) in [4.78, 5) is 9.41. The van der Waals surface area contributed by atoms with E-state index in [2.05, 4.69) is 27.0 Å². The van der Waals surface area contributed by atoms with E-state index >= 15 is 0 Å². The van der Waals surface area contributed by atoms with Crippen LogP contribution < -0.4 is 5.32 Å². The molecule has 0 aromatic rings. The van der Waals surface area contributed by atoms with E-state index in [0.29, 0.717) is 11.3 Å². The highest BCUT2D eigenvalue weighted by Crippen LogP contribution is 2.38. The van der Waals surface area contributed by atoms with Gasteiger partial charge in [-0.05, 0) is 18.8 Å². The third-order valence-corrected chi connectivity index (χ3v) is 5.42. The van der Waals surface area contributed by atoms with Crippen molar-refractivity contribution in [1.82, 2.24) is 15.1 Å². The molecule has 140 valence electrons. The Kier molecular flexibility index (Phi) is 8.03. The second-order valence-corrected chi connectivity index (χ2v) is 7.42. The number of rotatable bonds is 4. The number of hydrogen-bond acceptors (Lipinski definition) is 4. The lowest BCUT2D eigenvalue weighted by Crippen LogP contribution is -2.45. The van der Waals surface area contributed by atoms with Gasteiger partial charge in [0, 0.05) is 58.3 Å². The molecule has 3 aliphatic rings. The second-order valence-electron chi connectivity index (χ2n) is 7.42. The van der Waals surface area contributed by atoms with Crippen molar-refractivity contribution in [3.05, 3.63) is 0 Å². The number of nitrogens with one attached hydrogen (secondary N) is 1. The van der Waals surface area contributed by atoms with E-state index in [1.165, 1.54) is 12.8 Å². The number of ether oxygens (including phenoxy) is 2. The molecule has 1 spiro atoms. The Hall–Kier alpha value is -0.120. The van der Waals surface area contributed by atoms with Gasteiger partial charge in [0.1, 0.15) is 0 Å². The zero-order chi connectivity index (χ0) is 16.1. The molecule has 0 aliphatic carbocycles. The predicted octanol–water partition coefficient (Wildman–Crippen LogP) is 1.26. The van der Waals surface area contributed by atoms with E-state index in [4.69, 9.17) is 9.47 Å². The van der Waals surface area contributed by atoms with Crippen molar-refractivity contribution in [2.45, 2.75) is 19.8 Å². The van der Waals surface area contributed by atoms with Crippen molar-refractivity contribution in [2.75, 3.05) is 72.7 Å². The molecule has 2 atom stereocenters. The molecule has 0 bridgehead atoms. The van der Waals surface area contributed by atoms with Gasteiger partial charge in [0.15, 0.2) is 5.96 Å². The maximum atomic E-state index is 5.62. The maximum absolute atomic E-state index is 5.62. The standard InChI is InChI=1S/C17H32N4O2.HI/c1-15(12-20-6-9-22-10-7-20)11-19-16(18-2)21-5-3-17(13-21)4-8-23-14-17;/h15H,3-14H2,1-2H3,(H,18,19);1H. The zero-order valence-electron chi connectivity index (χ0n) is 15.1. The molecule has 3 fully saturated rings. The minimum absolute atomic E-state index is 0. The first-order chi connectivity index (χ1) is 11.2. The molecule has 3 saturated heterocycles. The topological polar surface area (TPSA) is 49.3 Å². The van der Waals surface area contributed by atoms with Crippen LogP contribution in [0.3, 0.4) is 0 Å². The van der Waals surface area contributed by atoms with Crippen LogP contribution in [-0.2, 0) is 9.47 Å². The van der Waals surface area contributed by atoms with Crippen molar-refractivity contribution in [3.63, 3.8) is 0 Å². The van der Waals surface area contributed by atoms with Gasteiger partial charge in [0.05, 0.1) is 19.8 Å². The fraction of sp³-hybridized carbons (Fsp3) is 0.941. The third-order valence-electron chi connectivity index (χ3n) is 5.42. The van der Waals surface area contributed by atoms with E-state index < -0.39 is 0 Å². The van der Waals surface area contributed by atoms with Crippen LogP contribution >= 0.6 is 24.0 Å². The number of guanidine groups is 1. The zero-order valence-corrected chi connectivity index (χ0v) is 17.5. The van der Waals surface area contributed by atoms with Gasteiger partial charge in [-0.1, -0.05) is 6.92 Å². The Morgan fingerprint density at radius 2 is 1.96 bits per heavy atom. The van der Waals surface area contributed by atoms with Crippen LogP contribution in [0.2, 0.25) is 0 Å². The normalized spacial score (nSPS) is 29.8. The third kappa shape index (κ3) is 5.19. The SMILES string of the molecule is CN=C(NCC(C)CN1CCOCC1)N1CCC2(CCOC2)C1.I. The van der Waals surface area contributed by atoms with E-state index in [1.54, 1.807) is 0 Å². The fourth-order valence-corrected chi connectivity index (χ4v) is 3.97. The van der Waals surface area contributed by atoms with Crippen LogP contribution in [0.5, 0.6) is 0 Å². The van der Waals surface area contributed by atoms with Gasteiger partial charge in [-0.3, -0.25) is 9.89 Å². The number of likely N-dealkylation sites (tertiary alicyclic amines) is 1. The second kappa shape index (κ2) is 9.54. The molecule has 6 nitrogen and oxygen atoms in total. The maximum Gasteiger partial charge on any atom is 0.193 e. The average Bonchev–Trinajstić information content (AvgIpc) is 3.20. The molecule has 3 rings (SSSR count). The number of hydrogen-bond donors (Lipinski definition) is 1. The van der Waals surface area contributed by atoms with Crippen LogP contribution in [-0.4, -0.2) is 88.5 Å². The minimum Gasteiger partial charge on any atom is -0.381 e. The first-order valence-corrected chi connectivity index (χ1v) is 9.04. The van der Waals surface area contributed by atoms with E-state index in [-0.39, 0.29) is 24.0 Å². The highest BCUT2D eigenvalue weighted by molar-refractivity contribution is 14.0. The largest absolute Gasteiger partial charge is 0.381 e. The van der Waals surface area contributed by atoms with Crippen molar-refractivity contribution in [2.24, 2.45) is 16.3 Å². The number of aliphatic imine (C=N–C) groups is 1. The van der Waals surface area contributed by atoms with E-state index in [0.717, 1.165) is 71.7 Å². The van der Waals surface area contributed by atoms with Crippen molar-refractivity contribution >= 4 is 29.9 Å². The number of nitrogens with zero attached hydrogens (tertiary/aromatic N) is 3. The van der Waals surface area contributed by atoms with Crippen LogP contribution in [0.4, 0.5) is 0 Å². The highest BCUT2D eigenvalue weighted by atomic mass is 127. The first kappa shape index (κ1) is 20.2. The van der Waals surface area contributed by atoms with E-state index in [1.807, 2.05) is 7.05 Å². The summed E-state index contributed by atoms with van der Waals surface area (Å²) in [5, 5.41) is 3.58. The van der Waals surface area contributed by atoms with Gasteiger partial charge >= 0.3 is 0 Å². The molecule has 3 aliphatic heterocycles. The quantitative estimate of drug-likeness (QED) is 0.396. The molecule has 0 aromatic heterocycles. The van der Waals surface area contributed by atoms with Crippen molar-refractivity contribution in [1.29, 1.82) is 0 Å². The molecular weight excluding hydrogens is 419 g/mol. The summed E-state index contributed by atoms with van der Waals surface area (Å²) in [5.74, 6) is 1.67. The molecule has 0 radical (unpaired) electrons. The molecule has 24 heavy (non-hydrogen) atoms. The fourth-order valence-electron chi connectivity index (χ4n) is 3.97.